The maximum absolute atomic E-state index is 13.2. The summed E-state index contributed by atoms with van der Waals surface area (Å²) in [6.45, 7) is 1.80. The standard InChI is InChI=1S/C19H19BrFNO2/c20-16-5-1-14(2-6-16)18(23)22-13-19(9-11-24-12-10-19)15-3-7-17(21)8-4-15/h1-8H,9-13H2,(H,22,23). The van der Waals surface area contributed by atoms with Gasteiger partial charge in [0.15, 0.2) is 0 Å². The van der Waals surface area contributed by atoms with Crippen molar-refractivity contribution in [2.45, 2.75) is 18.3 Å². The van der Waals surface area contributed by atoms with E-state index in [9.17, 15) is 9.18 Å². The third-order valence-corrected chi connectivity index (χ3v) is 5.13. The van der Waals surface area contributed by atoms with E-state index in [2.05, 4.69) is 21.2 Å². The smallest absolute Gasteiger partial charge is 0.251 e. The SMILES string of the molecule is O=C(NCC1(c2ccc(F)cc2)CCOCC1)c1ccc(Br)cc1. The van der Waals surface area contributed by atoms with Gasteiger partial charge in [0.1, 0.15) is 5.82 Å². The summed E-state index contributed by atoms with van der Waals surface area (Å²) in [5, 5.41) is 3.04. The third kappa shape index (κ3) is 3.84. The van der Waals surface area contributed by atoms with Crippen molar-refractivity contribution in [2.75, 3.05) is 19.8 Å². The molecule has 0 radical (unpaired) electrons. The molecule has 1 saturated heterocycles. The number of carbonyl (C=O) groups excluding carboxylic acids is 1. The van der Waals surface area contributed by atoms with E-state index in [0.717, 1.165) is 22.9 Å². The summed E-state index contributed by atoms with van der Waals surface area (Å²) in [5.74, 6) is -0.352. The number of ether oxygens (including phenoxy) is 1. The molecule has 126 valence electrons. The quantitative estimate of drug-likeness (QED) is 0.852. The summed E-state index contributed by atoms with van der Waals surface area (Å²) in [6, 6.07) is 13.8. The maximum Gasteiger partial charge on any atom is 0.251 e. The second-order valence-corrected chi connectivity index (χ2v) is 7.00. The number of carbonyl (C=O) groups is 1. The van der Waals surface area contributed by atoms with E-state index < -0.39 is 0 Å². The highest BCUT2D eigenvalue weighted by molar-refractivity contribution is 9.10. The zero-order valence-electron chi connectivity index (χ0n) is 13.2. The molecule has 1 amide bonds. The number of amides is 1. The zero-order chi connectivity index (χ0) is 17.0. The number of hydrogen-bond donors (Lipinski definition) is 1. The number of hydrogen-bond acceptors (Lipinski definition) is 2. The van der Waals surface area contributed by atoms with Crippen molar-refractivity contribution in [2.24, 2.45) is 0 Å². The first-order valence-corrected chi connectivity index (χ1v) is 8.76. The van der Waals surface area contributed by atoms with Crippen LogP contribution < -0.4 is 5.32 Å². The molecule has 24 heavy (non-hydrogen) atoms. The van der Waals surface area contributed by atoms with Crippen LogP contribution >= 0.6 is 15.9 Å². The molecule has 0 unspecified atom stereocenters. The average Bonchev–Trinajstić information content (AvgIpc) is 2.62. The molecule has 1 aliphatic heterocycles. The Balaban J connectivity index is 1.76. The van der Waals surface area contributed by atoms with Gasteiger partial charge >= 0.3 is 0 Å². The Morgan fingerprint density at radius 2 is 1.71 bits per heavy atom. The monoisotopic (exact) mass is 391 g/mol. The molecule has 0 atom stereocenters. The minimum Gasteiger partial charge on any atom is -0.381 e. The molecule has 0 saturated carbocycles. The van der Waals surface area contributed by atoms with E-state index >= 15 is 0 Å². The van der Waals surface area contributed by atoms with Crippen molar-refractivity contribution < 1.29 is 13.9 Å². The fourth-order valence-corrected chi connectivity index (χ4v) is 3.35. The van der Waals surface area contributed by atoms with Crippen molar-refractivity contribution in [1.82, 2.24) is 5.32 Å². The summed E-state index contributed by atoms with van der Waals surface area (Å²) in [6.07, 6.45) is 1.61. The molecule has 3 rings (SSSR count). The Labute approximate surface area is 149 Å². The summed E-state index contributed by atoms with van der Waals surface area (Å²) in [5.41, 5.74) is 1.46. The number of rotatable bonds is 4. The summed E-state index contributed by atoms with van der Waals surface area (Å²) < 4.78 is 19.7. The molecular weight excluding hydrogens is 373 g/mol. The van der Waals surface area contributed by atoms with Crippen LogP contribution in [-0.4, -0.2) is 25.7 Å². The van der Waals surface area contributed by atoms with Gasteiger partial charge in [-0.25, -0.2) is 4.39 Å². The van der Waals surface area contributed by atoms with Crippen molar-refractivity contribution in [1.29, 1.82) is 0 Å². The fourth-order valence-electron chi connectivity index (χ4n) is 3.09. The Morgan fingerprint density at radius 1 is 1.08 bits per heavy atom. The highest BCUT2D eigenvalue weighted by Crippen LogP contribution is 2.34. The minimum absolute atomic E-state index is 0.101. The first kappa shape index (κ1) is 17.1. The van der Waals surface area contributed by atoms with E-state index in [0.29, 0.717) is 25.3 Å². The zero-order valence-corrected chi connectivity index (χ0v) is 14.8. The van der Waals surface area contributed by atoms with Gasteiger partial charge in [0.05, 0.1) is 0 Å². The maximum atomic E-state index is 13.2. The highest BCUT2D eigenvalue weighted by Gasteiger charge is 2.34. The van der Waals surface area contributed by atoms with Crippen LogP contribution in [0.15, 0.2) is 53.0 Å². The van der Waals surface area contributed by atoms with Crippen LogP contribution in [0.2, 0.25) is 0 Å². The molecule has 5 heteroatoms. The molecule has 1 fully saturated rings. The molecule has 1 N–H and O–H groups in total. The van der Waals surface area contributed by atoms with Gasteiger partial charge in [0, 0.05) is 35.2 Å². The van der Waals surface area contributed by atoms with E-state index in [1.165, 1.54) is 12.1 Å². The predicted molar refractivity (Wildman–Crippen MR) is 94.6 cm³/mol. The molecule has 0 aromatic heterocycles. The number of benzene rings is 2. The van der Waals surface area contributed by atoms with Crippen LogP contribution in [-0.2, 0) is 10.2 Å². The van der Waals surface area contributed by atoms with Gasteiger partial charge in [-0.2, -0.15) is 0 Å². The largest absolute Gasteiger partial charge is 0.381 e. The summed E-state index contributed by atoms with van der Waals surface area (Å²) in [4.78, 5) is 12.4. The lowest BCUT2D eigenvalue weighted by Gasteiger charge is -2.38. The molecule has 2 aromatic rings. The molecule has 0 aliphatic carbocycles. The van der Waals surface area contributed by atoms with E-state index in [1.54, 1.807) is 12.1 Å². The Hall–Kier alpha value is -1.72. The van der Waals surface area contributed by atoms with Gasteiger partial charge in [-0.3, -0.25) is 4.79 Å². The topological polar surface area (TPSA) is 38.3 Å². The average molecular weight is 392 g/mol. The van der Waals surface area contributed by atoms with Crippen LogP contribution in [0.5, 0.6) is 0 Å². The van der Waals surface area contributed by atoms with Crippen LogP contribution in [0.25, 0.3) is 0 Å². The number of halogens is 2. The first-order chi connectivity index (χ1) is 11.6. The van der Waals surface area contributed by atoms with Gasteiger partial charge in [0.25, 0.3) is 5.91 Å². The van der Waals surface area contributed by atoms with Crippen molar-refractivity contribution in [3.63, 3.8) is 0 Å². The molecule has 3 nitrogen and oxygen atoms in total. The summed E-state index contributed by atoms with van der Waals surface area (Å²) >= 11 is 3.36. The molecule has 0 spiro atoms. The van der Waals surface area contributed by atoms with Crippen molar-refractivity contribution in [3.8, 4) is 0 Å². The second-order valence-electron chi connectivity index (χ2n) is 6.09. The highest BCUT2D eigenvalue weighted by atomic mass is 79.9. The predicted octanol–water partition coefficient (Wildman–Crippen LogP) is 4.07. The second kappa shape index (κ2) is 7.45. The van der Waals surface area contributed by atoms with Crippen LogP contribution in [0.3, 0.4) is 0 Å². The first-order valence-electron chi connectivity index (χ1n) is 7.97. The molecule has 2 aromatic carbocycles. The molecule has 0 bridgehead atoms. The van der Waals surface area contributed by atoms with E-state index in [4.69, 9.17) is 4.74 Å². The van der Waals surface area contributed by atoms with Gasteiger partial charge in [-0.15, -0.1) is 0 Å². The minimum atomic E-state index is -0.250. The van der Waals surface area contributed by atoms with E-state index in [-0.39, 0.29) is 17.1 Å². The fraction of sp³-hybridized carbons (Fsp3) is 0.316. The summed E-state index contributed by atoms with van der Waals surface area (Å²) in [7, 11) is 0. The lowest BCUT2D eigenvalue weighted by molar-refractivity contribution is 0.0487. The van der Waals surface area contributed by atoms with Gasteiger partial charge < -0.3 is 10.1 Å². The lowest BCUT2D eigenvalue weighted by atomic mass is 9.74. The Morgan fingerprint density at radius 3 is 2.33 bits per heavy atom. The van der Waals surface area contributed by atoms with Crippen molar-refractivity contribution >= 4 is 21.8 Å². The number of nitrogens with one attached hydrogen (secondary N) is 1. The van der Waals surface area contributed by atoms with Gasteiger partial charge in [-0.05, 0) is 54.8 Å². The lowest BCUT2D eigenvalue weighted by Crippen LogP contribution is -2.44. The van der Waals surface area contributed by atoms with Gasteiger partial charge in [0.2, 0.25) is 0 Å². The normalized spacial score (nSPS) is 16.6. The molecular formula is C19H19BrFNO2. The Bertz CT molecular complexity index is 694. The van der Waals surface area contributed by atoms with E-state index in [1.807, 2.05) is 24.3 Å². The van der Waals surface area contributed by atoms with Crippen LogP contribution in [0.1, 0.15) is 28.8 Å². The molecule has 1 heterocycles. The van der Waals surface area contributed by atoms with Crippen molar-refractivity contribution in [3.05, 3.63) is 69.9 Å². The third-order valence-electron chi connectivity index (χ3n) is 4.60. The van der Waals surface area contributed by atoms with Gasteiger partial charge in [-0.1, -0.05) is 28.1 Å². The Kier molecular flexibility index (Phi) is 5.31. The van der Waals surface area contributed by atoms with Crippen LogP contribution in [0, 0.1) is 5.82 Å². The van der Waals surface area contributed by atoms with Crippen LogP contribution in [0.4, 0.5) is 4.39 Å². The molecule has 1 aliphatic rings.